The van der Waals surface area contributed by atoms with Gasteiger partial charge in [0.05, 0.1) is 19.6 Å². The summed E-state index contributed by atoms with van der Waals surface area (Å²) in [7, 11) is -0.605. The standard InChI is InChI=1S/C19H36O4Si/c1-9-10-15(2)11-12-17(13-16(20)14-18(21)22-6)23-24(7,8)19(3,4)5/h9-10,16-17,20H,1,11-14H2,2-8H3/b15-10+/t16-,17-/m1/s1. The van der Waals surface area contributed by atoms with Gasteiger partial charge < -0.3 is 14.3 Å². The Balaban J connectivity index is 4.98. The van der Waals surface area contributed by atoms with Gasteiger partial charge in [0, 0.05) is 6.10 Å². The summed E-state index contributed by atoms with van der Waals surface area (Å²) in [4.78, 5) is 11.4. The van der Waals surface area contributed by atoms with Crippen molar-refractivity contribution in [2.75, 3.05) is 7.11 Å². The molecule has 0 saturated heterocycles. The number of rotatable bonds is 10. The molecule has 0 aromatic rings. The molecule has 2 atom stereocenters. The van der Waals surface area contributed by atoms with Gasteiger partial charge >= 0.3 is 5.97 Å². The summed E-state index contributed by atoms with van der Waals surface area (Å²) < 4.78 is 11.1. The molecule has 0 aliphatic heterocycles. The van der Waals surface area contributed by atoms with Gasteiger partial charge in [-0.1, -0.05) is 45.1 Å². The summed E-state index contributed by atoms with van der Waals surface area (Å²) in [5.41, 5.74) is 1.23. The van der Waals surface area contributed by atoms with Crippen LogP contribution >= 0.6 is 0 Å². The second kappa shape index (κ2) is 10.2. The number of aliphatic hydroxyl groups is 1. The maximum atomic E-state index is 11.4. The van der Waals surface area contributed by atoms with Crippen LogP contribution in [0.3, 0.4) is 0 Å². The van der Waals surface area contributed by atoms with E-state index in [1.807, 2.05) is 6.08 Å². The van der Waals surface area contributed by atoms with Crippen LogP contribution in [0.2, 0.25) is 18.1 Å². The van der Waals surface area contributed by atoms with Gasteiger partial charge in [-0.25, -0.2) is 0 Å². The summed E-state index contributed by atoms with van der Waals surface area (Å²) in [5.74, 6) is -0.392. The number of hydrogen-bond acceptors (Lipinski definition) is 4. The third kappa shape index (κ3) is 8.80. The van der Waals surface area contributed by atoms with Crippen LogP contribution < -0.4 is 0 Å². The minimum atomic E-state index is -1.94. The third-order valence-corrected chi connectivity index (χ3v) is 9.23. The van der Waals surface area contributed by atoms with Crippen molar-refractivity contribution in [2.45, 2.75) is 83.7 Å². The van der Waals surface area contributed by atoms with E-state index in [1.54, 1.807) is 6.08 Å². The van der Waals surface area contributed by atoms with Crippen LogP contribution in [-0.2, 0) is 14.0 Å². The Morgan fingerprint density at radius 2 is 1.92 bits per heavy atom. The van der Waals surface area contributed by atoms with Crippen LogP contribution in [0.4, 0.5) is 0 Å². The molecule has 0 fully saturated rings. The minimum Gasteiger partial charge on any atom is -0.469 e. The van der Waals surface area contributed by atoms with Crippen molar-refractivity contribution in [2.24, 2.45) is 0 Å². The first-order chi connectivity index (χ1) is 10.9. The van der Waals surface area contributed by atoms with Gasteiger partial charge in [-0.05, 0) is 44.3 Å². The lowest BCUT2D eigenvalue weighted by molar-refractivity contribution is -0.143. The van der Waals surface area contributed by atoms with Gasteiger partial charge in [-0.3, -0.25) is 4.79 Å². The molecule has 24 heavy (non-hydrogen) atoms. The molecule has 0 radical (unpaired) electrons. The fourth-order valence-corrected chi connectivity index (χ4v) is 3.55. The van der Waals surface area contributed by atoms with Crippen molar-refractivity contribution in [3.63, 3.8) is 0 Å². The second-order valence-electron chi connectivity index (χ2n) is 7.96. The molecule has 0 bridgehead atoms. The highest BCUT2D eigenvalue weighted by molar-refractivity contribution is 6.74. The summed E-state index contributed by atoms with van der Waals surface area (Å²) in [6.45, 7) is 16.8. The van der Waals surface area contributed by atoms with Gasteiger partial charge in [-0.2, -0.15) is 0 Å². The Labute approximate surface area is 149 Å². The normalized spacial score (nSPS) is 15.8. The lowest BCUT2D eigenvalue weighted by Gasteiger charge is -2.40. The van der Waals surface area contributed by atoms with E-state index in [4.69, 9.17) is 4.43 Å². The van der Waals surface area contributed by atoms with Crippen LogP contribution in [0.1, 0.15) is 53.4 Å². The second-order valence-corrected chi connectivity index (χ2v) is 12.7. The highest BCUT2D eigenvalue weighted by atomic mass is 28.4. The molecule has 0 aliphatic carbocycles. The van der Waals surface area contributed by atoms with Gasteiger partial charge in [0.15, 0.2) is 8.32 Å². The van der Waals surface area contributed by atoms with Gasteiger partial charge in [0.1, 0.15) is 0 Å². The Morgan fingerprint density at radius 1 is 1.33 bits per heavy atom. The van der Waals surface area contributed by atoms with Crippen molar-refractivity contribution < 1.29 is 19.1 Å². The van der Waals surface area contributed by atoms with E-state index in [1.165, 1.54) is 12.7 Å². The molecule has 4 nitrogen and oxygen atoms in total. The number of aliphatic hydroxyl groups excluding tert-OH is 1. The fraction of sp³-hybridized carbons (Fsp3) is 0.737. The van der Waals surface area contributed by atoms with E-state index in [-0.39, 0.29) is 17.6 Å². The SMILES string of the molecule is C=C/C=C(\C)CC[C@H](C[C@@H](O)CC(=O)OC)O[Si](C)(C)C(C)(C)C. The molecular weight excluding hydrogens is 320 g/mol. The Bertz CT molecular complexity index is 435. The van der Waals surface area contributed by atoms with Gasteiger partial charge in [0.2, 0.25) is 0 Å². The Hall–Kier alpha value is -0.913. The molecule has 0 unspecified atom stereocenters. The molecule has 5 heteroatoms. The fourth-order valence-electron chi connectivity index (χ4n) is 2.15. The molecule has 0 aromatic heterocycles. The van der Waals surface area contributed by atoms with Crippen molar-refractivity contribution in [1.29, 1.82) is 0 Å². The van der Waals surface area contributed by atoms with Crippen LogP contribution in [-0.4, -0.2) is 38.7 Å². The third-order valence-electron chi connectivity index (χ3n) is 4.70. The van der Waals surface area contributed by atoms with Gasteiger partial charge in [0.25, 0.3) is 0 Å². The highest BCUT2D eigenvalue weighted by Crippen LogP contribution is 2.38. The van der Waals surface area contributed by atoms with E-state index in [2.05, 4.69) is 52.1 Å². The first-order valence-electron chi connectivity index (χ1n) is 8.63. The molecule has 140 valence electrons. The number of esters is 1. The summed E-state index contributed by atoms with van der Waals surface area (Å²) in [6.07, 6.45) is 5.13. The smallest absolute Gasteiger partial charge is 0.308 e. The van der Waals surface area contributed by atoms with E-state index in [9.17, 15) is 9.90 Å². The van der Waals surface area contributed by atoms with Crippen molar-refractivity contribution in [3.8, 4) is 0 Å². The lowest BCUT2D eigenvalue weighted by Crippen LogP contribution is -2.44. The Kier molecular flexibility index (Phi) is 9.78. The zero-order valence-electron chi connectivity index (χ0n) is 16.5. The van der Waals surface area contributed by atoms with Crippen molar-refractivity contribution >= 4 is 14.3 Å². The van der Waals surface area contributed by atoms with Crippen LogP contribution in [0, 0.1) is 0 Å². The van der Waals surface area contributed by atoms with E-state index < -0.39 is 20.4 Å². The number of allylic oxidation sites excluding steroid dienone is 3. The summed E-state index contributed by atoms with van der Waals surface area (Å²) in [6, 6.07) is 0. The molecule has 0 spiro atoms. The minimum absolute atomic E-state index is 0.00927. The van der Waals surface area contributed by atoms with E-state index in [0.29, 0.717) is 6.42 Å². The summed E-state index contributed by atoms with van der Waals surface area (Å²) in [5, 5.41) is 10.3. The number of methoxy groups -OCH3 is 1. The molecule has 0 amide bonds. The zero-order valence-corrected chi connectivity index (χ0v) is 17.5. The first kappa shape index (κ1) is 23.1. The average molecular weight is 357 g/mol. The average Bonchev–Trinajstić information content (AvgIpc) is 2.43. The molecule has 0 aliphatic rings. The lowest BCUT2D eigenvalue weighted by atomic mass is 10.0. The predicted molar refractivity (Wildman–Crippen MR) is 103 cm³/mol. The quantitative estimate of drug-likeness (QED) is 0.353. The predicted octanol–water partition coefficient (Wildman–Crippen LogP) is 4.60. The number of carbonyl (C=O) groups is 1. The number of hydrogen-bond donors (Lipinski definition) is 1. The largest absolute Gasteiger partial charge is 0.469 e. The molecule has 0 saturated carbocycles. The molecule has 0 heterocycles. The van der Waals surface area contributed by atoms with Crippen molar-refractivity contribution in [3.05, 3.63) is 24.3 Å². The van der Waals surface area contributed by atoms with E-state index in [0.717, 1.165) is 12.8 Å². The number of carbonyl (C=O) groups excluding carboxylic acids is 1. The Morgan fingerprint density at radius 3 is 2.38 bits per heavy atom. The first-order valence-corrected chi connectivity index (χ1v) is 11.5. The maximum Gasteiger partial charge on any atom is 0.308 e. The van der Waals surface area contributed by atoms with Crippen molar-refractivity contribution in [1.82, 2.24) is 0 Å². The molecule has 0 aromatic carbocycles. The monoisotopic (exact) mass is 356 g/mol. The highest BCUT2D eigenvalue weighted by Gasteiger charge is 2.39. The zero-order chi connectivity index (χ0) is 19.0. The van der Waals surface area contributed by atoms with Crippen LogP contribution in [0.15, 0.2) is 24.3 Å². The number of ether oxygens (including phenoxy) is 1. The maximum absolute atomic E-state index is 11.4. The molecule has 0 rings (SSSR count). The summed E-state index contributed by atoms with van der Waals surface area (Å²) >= 11 is 0. The van der Waals surface area contributed by atoms with E-state index >= 15 is 0 Å². The molecular formula is C19H36O4Si. The molecule has 1 N–H and O–H groups in total. The van der Waals surface area contributed by atoms with Crippen LogP contribution in [0.5, 0.6) is 0 Å². The van der Waals surface area contributed by atoms with Gasteiger partial charge in [-0.15, -0.1) is 0 Å². The topological polar surface area (TPSA) is 55.8 Å². The van der Waals surface area contributed by atoms with Crippen LogP contribution in [0.25, 0.3) is 0 Å².